The third-order valence-electron chi connectivity index (χ3n) is 6.08. The Balaban J connectivity index is 1.19. The van der Waals surface area contributed by atoms with Crippen LogP contribution in [-0.2, 0) is 4.79 Å². The average Bonchev–Trinajstić information content (AvgIpc) is 3.41. The van der Waals surface area contributed by atoms with Gasteiger partial charge in [-0.1, -0.05) is 37.3 Å². The van der Waals surface area contributed by atoms with Gasteiger partial charge >= 0.3 is 0 Å². The van der Waals surface area contributed by atoms with Crippen LogP contribution in [0.25, 0.3) is 22.6 Å². The van der Waals surface area contributed by atoms with Crippen LogP contribution < -0.4 is 20.7 Å². The van der Waals surface area contributed by atoms with Crippen molar-refractivity contribution in [3.05, 3.63) is 97.1 Å². The maximum Gasteiger partial charge on any atom is 0.237 e. The number of hydrogen-bond acceptors (Lipinski definition) is 6. The largest absolute Gasteiger partial charge is 0.495 e. The second kappa shape index (κ2) is 12.7. The average molecular weight is 569 g/mol. The van der Waals surface area contributed by atoms with Crippen molar-refractivity contribution in [1.29, 1.82) is 0 Å². The number of rotatable bonds is 9. The number of nitrogens with zero attached hydrogens (tertiary/aromatic N) is 1. The second-order valence-electron chi connectivity index (χ2n) is 8.88. The van der Waals surface area contributed by atoms with Crippen molar-refractivity contribution in [3.63, 3.8) is 0 Å². The molecule has 0 fully saturated rings. The summed E-state index contributed by atoms with van der Waals surface area (Å²) in [4.78, 5) is 18.6. The van der Waals surface area contributed by atoms with E-state index in [1.807, 2.05) is 104 Å². The van der Waals surface area contributed by atoms with Gasteiger partial charge in [0.2, 0.25) is 11.8 Å². The van der Waals surface area contributed by atoms with Crippen molar-refractivity contribution in [2.24, 2.45) is 0 Å². The van der Waals surface area contributed by atoms with Gasteiger partial charge in [-0.05, 0) is 85.4 Å². The quantitative estimate of drug-likeness (QED) is 0.123. The number of methoxy groups -OCH3 is 1. The van der Waals surface area contributed by atoms with Gasteiger partial charge in [-0.15, -0.1) is 11.8 Å². The molecule has 1 amide bonds. The number of nitrogens with one attached hydrogen (secondary N) is 3. The maximum absolute atomic E-state index is 13.1. The molecule has 5 aromatic rings. The minimum atomic E-state index is -0.273. The van der Waals surface area contributed by atoms with Crippen LogP contribution >= 0.6 is 24.0 Å². The summed E-state index contributed by atoms with van der Waals surface area (Å²) in [7, 11) is 1.62. The third-order valence-corrected chi connectivity index (χ3v) is 7.64. The fraction of sp³-hybridized carbons (Fsp3) is 0.129. The van der Waals surface area contributed by atoms with Crippen LogP contribution in [0.15, 0.2) is 106 Å². The number of para-hydroxylation sites is 4. The molecule has 9 heteroatoms. The van der Waals surface area contributed by atoms with Crippen LogP contribution in [0.4, 0.5) is 17.1 Å². The molecule has 4 aromatic carbocycles. The lowest BCUT2D eigenvalue weighted by molar-refractivity contribution is -0.115. The summed E-state index contributed by atoms with van der Waals surface area (Å²) >= 11 is 7.00. The van der Waals surface area contributed by atoms with Crippen LogP contribution in [0.1, 0.15) is 13.3 Å². The van der Waals surface area contributed by atoms with Crippen molar-refractivity contribution in [2.45, 2.75) is 23.5 Å². The molecular weight excluding hydrogens is 541 g/mol. The molecule has 0 aliphatic heterocycles. The number of ether oxygens (including phenoxy) is 1. The van der Waals surface area contributed by atoms with Crippen LogP contribution in [0.2, 0.25) is 0 Å². The molecule has 0 saturated heterocycles. The third kappa shape index (κ3) is 6.62. The Hall–Kier alpha value is -4.34. The number of anilines is 3. The first-order valence-corrected chi connectivity index (χ1v) is 14.1. The highest BCUT2D eigenvalue weighted by Gasteiger charge is 2.19. The van der Waals surface area contributed by atoms with Crippen LogP contribution in [-0.4, -0.2) is 28.4 Å². The molecule has 0 radical (unpaired) electrons. The first-order valence-electron chi connectivity index (χ1n) is 12.8. The van der Waals surface area contributed by atoms with Gasteiger partial charge in [-0.2, -0.15) is 0 Å². The molecule has 3 N–H and O–H groups in total. The van der Waals surface area contributed by atoms with Crippen LogP contribution in [0, 0.1) is 0 Å². The minimum Gasteiger partial charge on any atom is -0.495 e. The van der Waals surface area contributed by atoms with Crippen molar-refractivity contribution >= 4 is 63.2 Å². The number of hydrogen-bond donors (Lipinski definition) is 3. The highest BCUT2D eigenvalue weighted by Crippen LogP contribution is 2.30. The fourth-order valence-corrected chi connectivity index (χ4v) is 5.32. The Labute approximate surface area is 242 Å². The molecule has 1 unspecified atom stereocenters. The SMILES string of the molecule is CCC(Sc1cccc(NC(=S)Nc2ccccc2OC)c1)C(=O)Nc1ccc(-c2nc3ccccc3o2)cc1. The van der Waals surface area contributed by atoms with E-state index in [1.165, 1.54) is 11.8 Å². The van der Waals surface area contributed by atoms with E-state index in [4.69, 9.17) is 21.4 Å². The summed E-state index contributed by atoms with van der Waals surface area (Å²) < 4.78 is 11.2. The first-order chi connectivity index (χ1) is 19.5. The molecule has 1 aromatic heterocycles. The fourth-order valence-electron chi connectivity index (χ4n) is 4.08. The molecule has 0 aliphatic rings. The summed E-state index contributed by atoms with van der Waals surface area (Å²) in [5.74, 6) is 1.19. The molecule has 1 atom stereocenters. The van der Waals surface area contributed by atoms with Gasteiger partial charge < -0.3 is 25.1 Å². The molecule has 0 aliphatic carbocycles. The van der Waals surface area contributed by atoms with E-state index >= 15 is 0 Å². The highest BCUT2D eigenvalue weighted by atomic mass is 32.2. The topological polar surface area (TPSA) is 88.4 Å². The maximum atomic E-state index is 13.1. The van der Waals surface area contributed by atoms with E-state index < -0.39 is 0 Å². The molecule has 5 rings (SSSR count). The van der Waals surface area contributed by atoms with E-state index in [0.717, 1.165) is 32.9 Å². The number of thioether (sulfide) groups is 1. The van der Waals surface area contributed by atoms with E-state index in [9.17, 15) is 4.79 Å². The molecule has 0 saturated carbocycles. The normalized spacial score (nSPS) is 11.6. The Morgan fingerprint density at radius 2 is 1.70 bits per heavy atom. The number of amides is 1. The van der Waals surface area contributed by atoms with Gasteiger partial charge in [0.15, 0.2) is 10.7 Å². The van der Waals surface area contributed by atoms with Crippen LogP contribution in [0.5, 0.6) is 5.75 Å². The Kier molecular flexibility index (Phi) is 8.63. The molecular formula is C31H28N4O3S2. The number of fused-ring (bicyclic) bond motifs is 1. The predicted molar refractivity (Wildman–Crippen MR) is 167 cm³/mol. The van der Waals surface area contributed by atoms with Gasteiger partial charge in [0.1, 0.15) is 11.3 Å². The lowest BCUT2D eigenvalue weighted by atomic mass is 10.2. The summed E-state index contributed by atoms with van der Waals surface area (Å²) in [6, 6.07) is 30.6. The summed E-state index contributed by atoms with van der Waals surface area (Å²) in [5.41, 5.74) is 4.71. The van der Waals surface area contributed by atoms with E-state index in [-0.39, 0.29) is 11.2 Å². The van der Waals surface area contributed by atoms with Gasteiger partial charge in [0.05, 0.1) is 18.0 Å². The molecule has 1 heterocycles. The zero-order chi connectivity index (χ0) is 27.9. The molecule has 0 bridgehead atoms. The van der Waals surface area contributed by atoms with Crippen LogP contribution in [0.3, 0.4) is 0 Å². The van der Waals surface area contributed by atoms with Gasteiger partial charge in [-0.25, -0.2) is 4.98 Å². The van der Waals surface area contributed by atoms with Crippen molar-refractivity contribution < 1.29 is 13.9 Å². The lowest BCUT2D eigenvalue weighted by Gasteiger charge is -2.16. The number of carbonyl (C=O) groups excluding carboxylic acids is 1. The highest BCUT2D eigenvalue weighted by molar-refractivity contribution is 8.00. The number of carbonyl (C=O) groups is 1. The number of benzene rings is 4. The molecule has 202 valence electrons. The van der Waals surface area contributed by atoms with E-state index in [2.05, 4.69) is 20.9 Å². The number of aromatic nitrogens is 1. The summed E-state index contributed by atoms with van der Waals surface area (Å²) in [6.07, 6.45) is 0.670. The van der Waals surface area contributed by atoms with Gasteiger partial charge in [0.25, 0.3) is 0 Å². The standard InChI is InChI=1S/C31H28N4O3S2/c1-3-28(29(36)32-21-17-15-20(16-18-21)30-34-25-12-5-7-14-27(25)38-30)40-23-10-8-9-22(19-23)33-31(39)35-24-11-4-6-13-26(24)37-2/h4-19,28H,3H2,1-2H3,(H,32,36)(H2,33,35,39). The second-order valence-corrected chi connectivity index (χ2v) is 10.6. The molecule has 40 heavy (non-hydrogen) atoms. The van der Waals surface area contributed by atoms with Crippen molar-refractivity contribution in [2.75, 3.05) is 23.1 Å². The van der Waals surface area contributed by atoms with Crippen molar-refractivity contribution in [3.8, 4) is 17.2 Å². The summed E-state index contributed by atoms with van der Waals surface area (Å²) in [5, 5.41) is 9.57. The monoisotopic (exact) mass is 568 g/mol. The molecule has 7 nitrogen and oxygen atoms in total. The summed E-state index contributed by atoms with van der Waals surface area (Å²) in [6.45, 7) is 2.00. The zero-order valence-electron chi connectivity index (χ0n) is 22.0. The van der Waals surface area contributed by atoms with Gasteiger partial charge in [-0.3, -0.25) is 4.79 Å². The Morgan fingerprint density at radius 1 is 0.925 bits per heavy atom. The van der Waals surface area contributed by atoms with E-state index in [0.29, 0.717) is 28.9 Å². The first kappa shape index (κ1) is 27.2. The van der Waals surface area contributed by atoms with Crippen molar-refractivity contribution in [1.82, 2.24) is 4.98 Å². The minimum absolute atomic E-state index is 0.0613. The Bertz CT molecular complexity index is 1600. The number of oxazole rings is 1. The lowest BCUT2D eigenvalue weighted by Crippen LogP contribution is -2.24. The van der Waals surface area contributed by atoms with E-state index in [1.54, 1.807) is 7.11 Å². The zero-order valence-corrected chi connectivity index (χ0v) is 23.6. The Morgan fingerprint density at radius 3 is 2.48 bits per heavy atom. The smallest absolute Gasteiger partial charge is 0.237 e. The van der Waals surface area contributed by atoms with Gasteiger partial charge in [0, 0.05) is 21.8 Å². The number of thiocarbonyl (C=S) groups is 1. The molecule has 0 spiro atoms. The predicted octanol–water partition coefficient (Wildman–Crippen LogP) is 7.82.